The molecule has 2 N–H and O–H groups in total. The summed E-state index contributed by atoms with van der Waals surface area (Å²) in [6, 6.07) is 25.1. The maximum absolute atomic E-state index is 14.1. The number of rotatable bonds is 6. The number of amides is 3. The number of thioether (sulfide) groups is 1. The van der Waals surface area contributed by atoms with E-state index in [1.807, 2.05) is 54.6 Å². The molecule has 4 aliphatic rings. The molecule has 2 bridgehead atoms. The van der Waals surface area contributed by atoms with Crippen LogP contribution in [0.1, 0.15) is 28.3 Å². The Morgan fingerprint density at radius 1 is 0.902 bits per heavy atom. The van der Waals surface area contributed by atoms with E-state index in [0.717, 1.165) is 49.6 Å². The molecular weight excluding hydrogens is 700 g/mol. The van der Waals surface area contributed by atoms with Crippen LogP contribution in [0, 0.1) is 29.6 Å². The highest BCUT2D eigenvalue weighted by Gasteiger charge is 2.70. The average molecular weight is 728 g/mol. The number of hydrogen-bond acceptors (Lipinski definition) is 7. The van der Waals surface area contributed by atoms with Gasteiger partial charge in [-0.2, -0.15) is 13.2 Å². The molecule has 258 valence electrons. The van der Waals surface area contributed by atoms with Crippen LogP contribution in [0.3, 0.4) is 0 Å². The van der Waals surface area contributed by atoms with Crippen LogP contribution in [0.4, 0.5) is 24.5 Å². The Balaban J connectivity index is 1.03. The minimum Gasteiger partial charge on any atom is -0.483 e. The number of aromatic amines is 1. The lowest BCUT2D eigenvalue weighted by molar-refractivity contribution is -0.137. The lowest BCUT2D eigenvalue weighted by Crippen LogP contribution is -2.42. The van der Waals surface area contributed by atoms with E-state index in [1.165, 1.54) is 23.9 Å². The van der Waals surface area contributed by atoms with Crippen molar-refractivity contribution >= 4 is 63.0 Å². The topological polar surface area (TPSA) is 109 Å². The van der Waals surface area contributed by atoms with E-state index in [9.17, 15) is 32.3 Å². The quantitative estimate of drug-likeness (QED) is 0.178. The molecule has 9 rings (SSSR count). The normalized spacial score (nSPS) is 26.3. The van der Waals surface area contributed by atoms with Crippen molar-refractivity contribution in [3.63, 3.8) is 0 Å². The molecule has 7 atom stereocenters. The van der Waals surface area contributed by atoms with Gasteiger partial charge in [-0.25, -0.2) is 0 Å². The number of fused-ring (bicyclic) bond motifs is 10. The first-order valence-electron chi connectivity index (χ1n) is 16.5. The van der Waals surface area contributed by atoms with Gasteiger partial charge in [0.15, 0.2) is 6.61 Å². The van der Waals surface area contributed by atoms with Gasteiger partial charge in [-0.3, -0.25) is 24.1 Å². The summed E-state index contributed by atoms with van der Waals surface area (Å²) in [4.78, 5) is 58.5. The van der Waals surface area contributed by atoms with E-state index < -0.39 is 35.4 Å². The van der Waals surface area contributed by atoms with Gasteiger partial charge < -0.3 is 15.0 Å². The van der Waals surface area contributed by atoms with Crippen LogP contribution in [0.15, 0.2) is 101 Å². The molecule has 1 saturated heterocycles. The van der Waals surface area contributed by atoms with Crippen molar-refractivity contribution in [3.05, 3.63) is 117 Å². The molecule has 2 saturated carbocycles. The number of imide groups is 1. The van der Waals surface area contributed by atoms with E-state index >= 15 is 0 Å². The van der Waals surface area contributed by atoms with Gasteiger partial charge in [-0.1, -0.05) is 72.0 Å². The first kappa shape index (κ1) is 32.1. The van der Waals surface area contributed by atoms with E-state index in [-0.39, 0.29) is 52.0 Å². The highest BCUT2D eigenvalue weighted by atomic mass is 32.2. The Morgan fingerprint density at radius 2 is 1.63 bits per heavy atom. The lowest BCUT2D eigenvalue weighted by atomic mass is 9.68. The predicted molar refractivity (Wildman–Crippen MR) is 187 cm³/mol. The van der Waals surface area contributed by atoms with Crippen LogP contribution >= 0.6 is 23.1 Å². The fourth-order valence-electron chi connectivity index (χ4n) is 8.97. The zero-order valence-corrected chi connectivity index (χ0v) is 28.2. The molecule has 8 nitrogen and oxygen atoms in total. The smallest absolute Gasteiger partial charge is 0.416 e. The summed E-state index contributed by atoms with van der Waals surface area (Å²) in [6.45, 7) is -0.276. The number of nitrogens with zero attached hydrogens (tertiary/aromatic N) is 1. The second-order valence-corrected chi connectivity index (χ2v) is 15.6. The van der Waals surface area contributed by atoms with Crippen LogP contribution < -0.4 is 19.8 Å². The first-order valence-corrected chi connectivity index (χ1v) is 18.2. The number of aromatic nitrogens is 1. The second-order valence-electron chi connectivity index (χ2n) is 13.4. The van der Waals surface area contributed by atoms with Crippen molar-refractivity contribution in [2.24, 2.45) is 29.6 Å². The Labute approximate surface area is 297 Å². The highest BCUT2D eigenvalue weighted by molar-refractivity contribution is 8.00. The molecule has 5 aromatic rings. The summed E-state index contributed by atoms with van der Waals surface area (Å²) in [5.74, 6) is -3.24. The average Bonchev–Trinajstić information content (AvgIpc) is 3.86. The Morgan fingerprint density at radius 3 is 2.45 bits per heavy atom. The summed E-state index contributed by atoms with van der Waals surface area (Å²) >= 11 is 2.61. The van der Waals surface area contributed by atoms with Crippen molar-refractivity contribution in [2.75, 3.05) is 16.8 Å². The molecule has 4 aromatic carbocycles. The molecule has 3 heterocycles. The molecule has 0 radical (unpaired) electrons. The number of halogens is 3. The molecule has 0 spiro atoms. The predicted octanol–water partition coefficient (Wildman–Crippen LogP) is 7.30. The van der Waals surface area contributed by atoms with Crippen molar-refractivity contribution in [1.29, 1.82) is 0 Å². The summed E-state index contributed by atoms with van der Waals surface area (Å²) in [7, 11) is 0. The number of anilines is 2. The van der Waals surface area contributed by atoms with Gasteiger partial charge in [-0.05, 0) is 59.9 Å². The van der Waals surface area contributed by atoms with Crippen LogP contribution in [-0.2, 0) is 20.6 Å². The van der Waals surface area contributed by atoms with E-state index in [0.29, 0.717) is 22.9 Å². The van der Waals surface area contributed by atoms with E-state index in [2.05, 4.69) is 10.3 Å². The number of H-pyrrole nitrogens is 1. The zero-order valence-electron chi connectivity index (χ0n) is 26.6. The standard InChI is InChI=1S/C38H28F3N3O5S2/c39-38(40,41)19-9-6-10-20(15-19)44-35(46)30-23-16-24(31(30)36(44)47)32-29(23)28(33-34(50-32)43-37(48)51-33)22-12-3-4-14-26(22)49-17-27(45)42-25-13-5-8-18-7-1-2-11-21(18)25/h1-15,23-24,28-32H,16-17H2,(H,42,45)(H,43,48)/t23?,24?,28-,29?,30?,31?,32?/m1/s1. The van der Waals surface area contributed by atoms with Crippen LogP contribution in [0.5, 0.6) is 5.75 Å². The summed E-state index contributed by atoms with van der Waals surface area (Å²) in [5.41, 5.74) is 0.415. The summed E-state index contributed by atoms with van der Waals surface area (Å²) in [5, 5.41) is 5.40. The number of alkyl halides is 3. The molecule has 1 aromatic heterocycles. The number of benzene rings is 4. The van der Waals surface area contributed by atoms with Crippen molar-refractivity contribution in [3.8, 4) is 5.75 Å². The van der Waals surface area contributed by atoms with Gasteiger partial charge in [0.25, 0.3) is 5.91 Å². The van der Waals surface area contributed by atoms with Gasteiger partial charge in [0.05, 0.1) is 28.1 Å². The Bertz CT molecular complexity index is 2320. The van der Waals surface area contributed by atoms with Crippen molar-refractivity contribution in [1.82, 2.24) is 4.98 Å². The van der Waals surface area contributed by atoms with Gasteiger partial charge in [0.2, 0.25) is 11.8 Å². The monoisotopic (exact) mass is 727 g/mol. The molecule has 3 amide bonds. The maximum Gasteiger partial charge on any atom is 0.416 e. The summed E-state index contributed by atoms with van der Waals surface area (Å²) in [6.07, 6.45) is -4.02. The maximum atomic E-state index is 14.1. The molecule has 2 aliphatic carbocycles. The number of hydrogen-bond donors (Lipinski definition) is 2. The second kappa shape index (κ2) is 11.8. The number of ether oxygens (including phenoxy) is 1. The third-order valence-corrected chi connectivity index (χ3v) is 13.4. The summed E-state index contributed by atoms with van der Waals surface area (Å²) < 4.78 is 47.0. The van der Waals surface area contributed by atoms with Crippen LogP contribution in [0.25, 0.3) is 10.8 Å². The zero-order chi connectivity index (χ0) is 35.2. The lowest BCUT2D eigenvalue weighted by Gasteiger charge is -2.43. The molecule has 2 aliphatic heterocycles. The van der Waals surface area contributed by atoms with Crippen LogP contribution in [0.2, 0.25) is 0 Å². The fraction of sp³-hybridized carbons (Fsp3) is 0.263. The minimum atomic E-state index is -4.63. The molecule has 51 heavy (non-hydrogen) atoms. The third-order valence-electron chi connectivity index (χ3n) is 10.8. The SMILES string of the molecule is O=C(COc1ccccc1[C@H]1c2sc(=O)[nH]c2SC2C3CC(C4C(=O)N(c5cccc(C(F)(F)F)c5)C(=O)C34)C21)Nc1cccc2ccccc12. The third kappa shape index (κ3) is 5.11. The van der Waals surface area contributed by atoms with E-state index in [1.54, 1.807) is 12.1 Å². The molecule has 6 unspecified atom stereocenters. The molecule has 13 heteroatoms. The molecule has 3 fully saturated rings. The van der Waals surface area contributed by atoms with Gasteiger partial charge in [0, 0.05) is 32.7 Å². The van der Waals surface area contributed by atoms with Gasteiger partial charge in [-0.15, -0.1) is 11.8 Å². The van der Waals surface area contributed by atoms with Crippen LogP contribution in [-0.4, -0.2) is 34.6 Å². The number of carbonyl (C=O) groups excluding carboxylic acids is 3. The number of para-hydroxylation sites is 1. The number of carbonyl (C=O) groups is 3. The molecular formula is C38H28F3N3O5S2. The minimum absolute atomic E-state index is 0.0789. The number of thiazole rings is 1. The largest absolute Gasteiger partial charge is 0.483 e. The van der Waals surface area contributed by atoms with Gasteiger partial charge in [0.1, 0.15) is 5.75 Å². The Kier molecular flexibility index (Phi) is 7.44. The Hall–Kier alpha value is -4.88. The first-order chi connectivity index (χ1) is 24.6. The van der Waals surface area contributed by atoms with Gasteiger partial charge >= 0.3 is 11.0 Å². The fourth-order valence-corrected chi connectivity index (χ4v) is 11.9. The van der Waals surface area contributed by atoms with Crippen molar-refractivity contribution in [2.45, 2.75) is 28.8 Å². The van der Waals surface area contributed by atoms with E-state index in [4.69, 9.17) is 4.74 Å². The number of nitrogens with one attached hydrogen (secondary N) is 2. The highest BCUT2D eigenvalue weighted by Crippen LogP contribution is 2.69. The van der Waals surface area contributed by atoms with Crippen molar-refractivity contribution < 1.29 is 32.3 Å².